The maximum absolute atomic E-state index is 5.80. The van der Waals surface area contributed by atoms with Crippen molar-refractivity contribution in [3.05, 3.63) is 24.4 Å². The molecule has 3 N–H and O–H groups in total. The Morgan fingerprint density at radius 2 is 2.44 bits per heavy atom. The van der Waals surface area contributed by atoms with Gasteiger partial charge in [-0.15, -0.1) is 24.0 Å². The third-order valence-corrected chi connectivity index (χ3v) is 2.93. The number of guanidine groups is 1. The highest BCUT2D eigenvalue weighted by Crippen LogP contribution is 2.14. The molecule has 6 heteroatoms. The van der Waals surface area contributed by atoms with Gasteiger partial charge >= 0.3 is 0 Å². The van der Waals surface area contributed by atoms with Crippen molar-refractivity contribution in [3.63, 3.8) is 0 Å². The van der Waals surface area contributed by atoms with Crippen LogP contribution in [-0.4, -0.2) is 42.5 Å². The van der Waals surface area contributed by atoms with Gasteiger partial charge in [-0.2, -0.15) is 0 Å². The van der Waals surface area contributed by atoms with Crippen LogP contribution in [0.4, 0.5) is 5.82 Å². The number of nitrogens with zero attached hydrogens (tertiary/aromatic N) is 3. The first-order valence-electron chi connectivity index (χ1n) is 5.90. The second-order valence-corrected chi connectivity index (χ2v) is 4.48. The number of hydrogen-bond acceptors (Lipinski definition) is 3. The van der Waals surface area contributed by atoms with Gasteiger partial charge in [0, 0.05) is 19.3 Å². The third kappa shape index (κ3) is 4.77. The Morgan fingerprint density at radius 3 is 3.06 bits per heavy atom. The largest absolute Gasteiger partial charge is 0.370 e. The maximum Gasteiger partial charge on any atom is 0.194 e. The van der Waals surface area contributed by atoms with Crippen LogP contribution in [0.25, 0.3) is 0 Å². The number of halogens is 1. The van der Waals surface area contributed by atoms with Crippen molar-refractivity contribution in [2.75, 3.05) is 32.0 Å². The number of nitrogens with one attached hydrogen (secondary N) is 1. The molecule has 18 heavy (non-hydrogen) atoms. The number of nitrogens with two attached hydrogens (primary N) is 1. The van der Waals surface area contributed by atoms with Crippen molar-refractivity contribution < 1.29 is 0 Å². The molecule has 0 spiro atoms. The van der Waals surface area contributed by atoms with E-state index in [-0.39, 0.29) is 24.0 Å². The van der Waals surface area contributed by atoms with Crippen molar-refractivity contribution in [1.82, 2.24) is 9.88 Å². The molecule has 1 aromatic heterocycles. The topological polar surface area (TPSA) is 66.5 Å². The monoisotopic (exact) mass is 361 g/mol. The van der Waals surface area contributed by atoms with E-state index in [0.717, 1.165) is 25.5 Å². The maximum atomic E-state index is 5.80. The molecular formula is C12H20IN5. The molecule has 1 aliphatic heterocycles. The molecule has 2 heterocycles. The van der Waals surface area contributed by atoms with Crippen molar-refractivity contribution >= 4 is 35.8 Å². The fourth-order valence-corrected chi connectivity index (χ4v) is 2.01. The quantitative estimate of drug-likeness (QED) is 0.485. The second kappa shape index (κ2) is 7.52. The number of aromatic nitrogens is 1. The van der Waals surface area contributed by atoms with Crippen LogP contribution >= 0.6 is 24.0 Å². The van der Waals surface area contributed by atoms with E-state index in [4.69, 9.17) is 5.73 Å². The summed E-state index contributed by atoms with van der Waals surface area (Å²) in [5.41, 5.74) is 5.80. The average Bonchev–Trinajstić information content (AvgIpc) is 2.74. The van der Waals surface area contributed by atoms with Crippen LogP contribution in [-0.2, 0) is 0 Å². The summed E-state index contributed by atoms with van der Waals surface area (Å²) >= 11 is 0. The number of rotatable bonds is 3. The molecule has 0 saturated carbocycles. The van der Waals surface area contributed by atoms with Crippen molar-refractivity contribution in [2.24, 2.45) is 16.6 Å². The average molecular weight is 361 g/mol. The predicted octanol–water partition coefficient (Wildman–Crippen LogP) is 1.38. The van der Waals surface area contributed by atoms with Gasteiger partial charge in [-0.25, -0.2) is 4.98 Å². The molecule has 0 bridgehead atoms. The number of hydrogen-bond donors (Lipinski definition) is 2. The summed E-state index contributed by atoms with van der Waals surface area (Å²) in [6.45, 7) is 3.06. The Balaban J connectivity index is 0.00000162. The predicted molar refractivity (Wildman–Crippen MR) is 85.4 cm³/mol. The van der Waals surface area contributed by atoms with Gasteiger partial charge in [0.05, 0.1) is 0 Å². The second-order valence-electron chi connectivity index (χ2n) is 4.48. The lowest BCUT2D eigenvalue weighted by Crippen LogP contribution is -2.24. The van der Waals surface area contributed by atoms with E-state index < -0.39 is 0 Å². The zero-order valence-electron chi connectivity index (χ0n) is 10.5. The normalized spacial score (nSPS) is 20.5. The first-order chi connectivity index (χ1) is 8.24. The number of likely N-dealkylation sites (tertiary alicyclic amines) is 1. The van der Waals surface area contributed by atoms with E-state index in [1.165, 1.54) is 6.42 Å². The zero-order valence-corrected chi connectivity index (χ0v) is 12.9. The molecule has 1 unspecified atom stereocenters. The van der Waals surface area contributed by atoms with Crippen LogP contribution in [0, 0.1) is 5.92 Å². The molecule has 5 nitrogen and oxygen atoms in total. The molecule has 1 aliphatic rings. The van der Waals surface area contributed by atoms with Crippen LogP contribution < -0.4 is 11.1 Å². The summed E-state index contributed by atoms with van der Waals surface area (Å²) in [6.07, 6.45) is 2.93. The Morgan fingerprint density at radius 1 is 1.61 bits per heavy atom. The lowest BCUT2D eigenvalue weighted by molar-refractivity contribution is 0.397. The fraction of sp³-hybridized carbons (Fsp3) is 0.500. The van der Waals surface area contributed by atoms with Crippen LogP contribution in [0.5, 0.6) is 0 Å². The SMILES string of the molecule is CN1CCC(CN=C(N)Nc2ccccn2)C1.I. The molecular weight excluding hydrogens is 341 g/mol. The van der Waals surface area contributed by atoms with Gasteiger partial charge in [-0.3, -0.25) is 4.99 Å². The van der Waals surface area contributed by atoms with Crippen molar-refractivity contribution in [3.8, 4) is 0 Å². The zero-order chi connectivity index (χ0) is 12.1. The van der Waals surface area contributed by atoms with Crippen LogP contribution in [0.15, 0.2) is 29.4 Å². The van der Waals surface area contributed by atoms with Crippen molar-refractivity contribution in [1.29, 1.82) is 0 Å². The Kier molecular flexibility index (Phi) is 6.34. The summed E-state index contributed by atoms with van der Waals surface area (Å²) in [5, 5.41) is 2.98. The number of aliphatic imine (C=N–C) groups is 1. The highest BCUT2D eigenvalue weighted by molar-refractivity contribution is 14.0. The Hall–Kier alpha value is -0.890. The molecule has 0 aromatic carbocycles. The first kappa shape index (κ1) is 15.2. The van der Waals surface area contributed by atoms with Gasteiger partial charge in [-0.05, 0) is 38.1 Å². The van der Waals surface area contributed by atoms with E-state index in [1.807, 2.05) is 18.2 Å². The van der Waals surface area contributed by atoms with Gasteiger partial charge in [0.1, 0.15) is 5.82 Å². The lowest BCUT2D eigenvalue weighted by Gasteiger charge is -2.08. The third-order valence-electron chi connectivity index (χ3n) is 2.93. The van der Waals surface area contributed by atoms with E-state index in [2.05, 4.69) is 27.2 Å². The van der Waals surface area contributed by atoms with E-state index in [9.17, 15) is 0 Å². The molecule has 1 fully saturated rings. The van der Waals surface area contributed by atoms with Gasteiger partial charge in [0.15, 0.2) is 5.96 Å². The van der Waals surface area contributed by atoms with Crippen LogP contribution in [0.3, 0.4) is 0 Å². The Bertz CT molecular complexity index is 381. The minimum absolute atomic E-state index is 0. The summed E-state index contributed by atoms with van der Waals surface area (Å²) in [7, 11) is 2.14. The van der Waals surface area contributed by atoms with E-state index in [1.54, 1.807) is 6.20 Å². The van der Waals surface area contributed by atoms with Gasteiger partial charge < -0.3 is 16.0 Å². The first-order valence-corrected chi connectivity index (χ1v) is 5.90. The lowest BCUT2D eigenvalue weighted by atomic mass is 10.1. The molecule has 0 amide bonds. The Labute approximate surface area is 125 Å². The van der Waals surface area contributed by atoms with Crippen LogP contribution in [0.1, 0.15) is 6.42 Å². The number of pyridine rings is 1. The number of anilines is 1. The molecule has 1 atom stereocenters. The van der Waals surface area contributed by atoms with Crippen molar-refractivity contribution in [2.45, 2.75) is 6.42 Å². The fourth-order valence-electron chi connectivity index (χ4n) is 2.01. The minimum Gasteiger partial charge on any atom is -0.370 e. The van der Waals surface area contributed by atoms with E-state index >= 15 is 0 Å². The summed E-state index contributed by atoms with van der Waals surface area (Å²) in [5.74, 6) is 1.81. The summed E-state index contributed by atoms with van der Waals surface area (Å²) < 4.78 is 0. The minimum atomic E-state index is 0. The molecule has 0 radical (unpaired) electrons. The summed E-state index contributed by atoms with van der Waals surface area (Å²) in [4.78, 5) is 10.8. The van der Waals surface area contributed by atoms with E-state index in [0.29, 0.717) is 11.9 Å². The van der Waals surface area contributed by atoms with Gasteiger partial charge in [0.25, 0.3) is 0 Å². The summed E-state index contributed by atoms with van der Waals surface area (Å²) in [6, 6.07) is 5.65. The van der Waals surface area contributed by atoms with Crippen LogP contribution in [0.2, 0.25) is 0 Å². The molecule has 2 rings (SSSR count). The van der Waals surface area contributed by atoms with Gasteiger partial charge in [0.2, 0.25) is 0 Å². The molecule has 100 valence electrons. The molecule has 1 saturated heterocycles. The highest BCUT2D eigenvalue weighted by atomic mass is 127. The standard InChI is InChI=1S/C12H19N5.HI/c1-17-7-5-10(9-17)8-15-12(13)16-11-4-2-3-6-14-11;/h2-4,6,10H,5,7-9H2,1H3,(H3,13,14,15,16);1H. The molecule has 1 aromatic rings. The highest BCUT2D eigenvalue weighted by Gasteiger charge is 2.18. The molecule has 0 aliphatic carbocycles. The smallest absolute Gasteiger partial charge is 0.194 e. The van der Waals surface area contributed by atoms with Gasteiger partial charge in [-0.1, -0.05) is 6.07 Å².